The summed E-state index contributed by atoms with van der Waals surface area (Å²) in [7, 11) is -3.63. The van der Waals surface area contributed by atoms with Crippen molar-refractivity contribution in [2.24, 2.45) is 0 Å². The average molecular weight is 412 g/mol. The van der Waals surface area contributed by atoms with Gasteiger partial charge >= 0.3 is 0 Å². The number of hydrogen-bond acceptors (Lipinski definition) is 7. The monoisotopic (exact) mass is 412 g/mol. The zero-order valence-electron chi connectivity index (χ0n) is 15.8. The van der Waals surface area contributed by atoms with Crippen molar-refractivity contribution in [2.75, 3.05) is 42.8 Å². The lowest BCUT2D eigenvalue weighted by Gasteiger charge is -2.29. The van der Waals surface area contributed by atoms with E-state index in [9.17, 15) is 18.0 Å². The number of carbonyl (C=O) groups excluding carboxylic acids is 2. The minimum absolute atomic E-state index is 0.0624. The van der Waals surface area contributed by atoms with Crippen molar-refractivity contribution in [3.8, 4) is 0 Å². The van der Waals surface area contributed by atoms with Crippen LogP contribution in [0.15, 0.2) is 59.1 Å². The molecule has 2 aromatic carbocycles. The van der Waals surface area contributed by atoms with Gasteiger partial charge in [0, 0.05) is 42.4 Å². The minimum Gasteiger partial charge on any atom is -0.378 e. The van der Waals surface area contributed by atoms with Crippen LogP contribution < -0.4 is 10.2 Å². The van der Waals surface area contributed by atoms with Crippen molar-refractivity contribution in [1.82, 2.24) is 0 Å². The normalized spacial score (nSPS) is 17.0. The van der Waals surface area contributed by atoms with Gasteiger partial charge in [-0.3, -0.25) is 9.59 Å². The summed E-state index contributed by atoms with van der Waals surface area (Å²) in [6.45, 7) is 2.89. The molecule has 1 heterocycles. The number of benzene rings is 2. The first kappa shape index (κ1) is 19.4. The van der Waals surface area contributed by atoms with Crippen LogP contribution in [0.5, 0.6) is 0 Å². The molecule has 7 nitrogen and oxygen atoms in total. The molecule has 2 aliphatic rings. The fourth-order valence-corrected chi connectivity index (χ4v) is 4.45. The molecule has 8 heteroatoms. The predicted molar refractivity (Wildman–Crippen MR) is 109 cm³/mol. The van der Waals surface area contributed by atoms with E-state index in [0.29, 0.717) is 18.9 Å². The lowest BCUT2D eigenvalue weighted by atomic mass is 9.92. The number of sulfone groups is 1. The Morgan fingerprint density at radius 2 is 1.76 bits per heavy atom. The van der Waals surface area contributed by atoms with Gasteiger partial charge in [0.1, 0.15) is 0 Å². The van der Waals surface area contributed by atoms with Gasteiger partial charge < -0.3 is 15.0 Å². The van der Waals surface area contributed by atoms with Crippen LogP contribution in [0.4, 0.5) is 11.4 Å². The molecule has 0 atom stereocenters. The van der Waals surface area contributed by atoms with E-state index < -0.39 is 21.4 Å². The van der Waals surface area contributed by atoms with E-state index in [1.807, 2.05) is 24.3 Å². The highest BCUT2D eigenvalue weighted by Gasteiger charge is 2.30. The molecule has 0 saturated carbocycles. The predicted octanol–water partition coefficient (Wildman–Crippen LogP) is 2.30. The molecule has 1 aliphatic carbocycles. The maximum absolute atomic E-state index is 12.9. The van der Waals surface area contributed by atoms with Crippen molar-refractivity contribution in [2.45, 2.75) is 4.90 Å². The van der Waals surface area contributed by atoms with E-state index in [1.165, 1.54) is 24.3 Å². The van der Waals surface area contributed by atoms with E-state index in [-0.39, 0.29) is 21.7 Å². The summed E-state index contributed by atoms with van der Waals surface area (Å²) in [6.07, 6.45) is 2.19. The highest BCUT2D eigenvalue weighted by molar-refractivity contribution is 7.90. The maximum Gasteiger partial charge on any atom is 0.210 e. The second kappa shape index (κ2) is 7.46. The third-order valence-corrected chi connectivity index (χ3v) is 6.08. The summed E-state index contributed by atoms with van der Waals surface area (Å²) in [5.41, 5.74) is 1.81. The number of fused-ring (bicyclic) bond motifs is 1. The fourth-order valence-electron chi connectivity index (χ4n) is 3.55. The SMILES string of the molecule is CS(=O)(=O)c1cccc2c1C(=O)C=C(Nc1cccc(N3CCOCC3)c1)C2=O. The standard InChI is InChI=1S/C21H20N2O5S/c1-29(26,27)19-7-3-6-16-20(19)18(24)13-17(21(16)25)22-14-4-2-5-15(12-14)23-8-10-28-11-9-23/h2-7,12-13,22H,8-11H2,1H3. The summed E-state index contributed by atoms with van der Waals surface area (Å²) in [4.78, 5) is 27.6. The van der Waals surface area contributed by atoms with Crippen LogP contribution in [0.3, 0.4) is 0 Å². The Kier molecular flexibility index (Phi) is 4.97. The van der Waals surface area contributed by atoms with Crippen molar-refractivity contribution in [1.29, 1.82) is 0 Å². The van der Waals surface area contributed by atoms with Gasteiger partial charge in [-0.15, -0.1) is 0 Å². The molecule has 0 unspecified atom stereocenters. The Bertz CT molecular complexity index is 1130. The van der Waals surface area contributed by atoms with Crippen LogP contribution in [0.2, 0.25) is 0 Å². The van der Waals surface area contributed by atoms with Crippen LogP contribution in [0.1, 0.15) is 20.7 Å². The zero-order valence-corrected chi connectivity index (χ0v) is 16.7. The van der Waals surface area contributed by atoms with Gasteiger partial charge in [-0.2, -0.15) is 0 Å². The molecule has 0 amide bonds. The van der Waals surface area contributed by atoms with Crippen molar-refractivity contribution < 1.29 is 22.7 Å². The number of ether oxygens (including phenoxy) is 1. The topological polar surface area (TPSA) is 92.8 Å². The molecular weight excluding hydrogens is 392 g/mol. The number of rotatable bonds is 4. The first-order valence-corrected chi connectivity index (χ1v) is 11.1. The van der Waals surface area contributed by atoms with E-state index in [4.69, 9.17) is 4.74 Å². The van der Waals surface area contributed by atoms with Crippen molar-refractivity contribution in [3.05, 3.63) is 65.4 Å². The molecule has 0 aromatic heterocycles. The third kappa shape index (κ3) is 3.81. The molecule has 29 heavy (non-hydrogen) atoms. The smallest absolute Gasteiger partial charge is 0.210 e. The first-order valence-electron chi connectivity index (χ1n) is 9.18. The number of allylic oxidation sites excluding steroid dienone is 2. The fraction of sp³-hybridized carbons (Fsp3) is 0.238. The van der Waals surface area contributed by atoms with Gasteiger partial charge in [0.05, 0.1) is 29.4 Å². The maximum atomic E-state index is 12.9. The number of morpholine rings is 1. The van der Waals surface area contributed by atoms with Gasteiger partial charge in [0.25, 0.3) is 0 Å². The van der Waals surface area contributed by atoms with Crippen LogP contribution >= 0.6 is 0 Å². The summed E-state index contributed by atoms with van der Waals surface area (Å²) in [5, 5.41) is 3.02. The summed E-state index contributed by atoms with van der Waals surface area (Å²) >= 11 is 0. The van der Waals surface area contributed by atoms with Crippen LogP contribution in [-0.4, -0.2) is 52.5 Å². The Morgan fingerprint density at radius 1 is 1.03 bits per heavy atom. The van der Waals surface area contributed by atoms with Crippen LogP contribution in [0, 0.1) is 0 Å². The number of nitrogens with one attached hydrogen (secondary N) is 1. The first-order chi connectivity index (χ1) is 13.8. The Labute approximate surface area is 168 Å². The molecule has 1 N–H and O–H groups in total. The summed E-state index contributed by atoms with van der Waals surface area (Å²) in [6, 6.07) is 11.9. The molecule has 4 rings (SSSR count). The minimum atomic E-state index is -3.63. The Morgan fingerprint density at radius 3 is 2.48 bits per heavy atom. The van der Waals surface area contributed by atoms with E-state index in [0.717, 1.165) is 25.0 Å². The highest BCUT2D eigenvalue weighted by Crippen LogP contribution is 2.29. The van der Waals surface area contributed by atoms with E-state index in [2.05, 4.69) is 10.2 Å². The Hall–Kier alpha value is -2.97. The third-order valence-electron chi connectivity index (χ3n) is 4.94. The molecule has 0 radical (unpaired) electrons. The van der Waals surface area contributed by atoms with Crippen molar-refractivity contribution in [3.63, 3.8) is 0 Å². The van der Waals surface area contributed by atoms with Gasteiger partial charge in [-0.05, 0) is 24.3 Å². The van der Waals surface area contributed by atoms with Crippen LogP contribution in [0.25, 0.3) is 0 Å². The lowest BCUT2D eigenvalue weighted by molar-refractivity contribution is 0.0983. The summed E-state index contributed by atoms with van der Waals surface area (Å²) < 4.78 is 29.4. The van der Waals surface area contributed by atoms with Crippen LogP contribution in [-0.2, 0) is 14.6 Å². The Balaban J connectivity index is 1.64. The molecule has 0 bridgehead atoms. The molecule has 2 aromatic rings. The lowest BCUT2D eigenvalue weighted by Crippen LogP contribution is -2.36. The number of Topliss-reactive ketones (excluding diaryl/α,β-unsaturated/α-hetero) is 1. The zero-order chi connectivity index (χ0) is 20.6. The average Bonchev–Trinajstić information content (AvgIpc) is 2.71. The number of hydrogen-bond donors (Lipinski definition) is 1. The molecule has 1 fully saturated rings. The number of carbonyl (C=O) groups is 2. The van der Waals surface area contributed by atoms with Gasteiger partial charge in [-0.1, -0.05) is 18.2 Å². The van der Waals surface area contributed by atoms with Crippen molar-refractivity contribution >= 4 is 32.8 Å². The molecule has 150 valence electrons. The number of anilines is 2. The number of ketones is 2. The molecule has 1 saturated heterocycles. The molecular formula is C21H20N2O5S. The second-order valence-corrected chi connectivity index (χ2v) is 8.96. The van der Waals surface area contributed by atoms with Gasteiger partial charge in [0.15, 0.2) is 15.6 Å². The summed E-state index contributed by atoms with van der Waals surface area (Å²) in [5.74, 6) is -0.922. The quantitative estimate of drug-likeness (QED) is 0.824. The van der Waals surface area contributed by atoms with Gasteiger partial charge in [0.2, 0.25) is 5.78 Å². The van der Waals surface area contributed by atoms with E-state index in [1.54, 1.807) is 0 Å². The second-order valence-electron chi connectivity index (χ2n) is 6.98. The molecule has 0 spiro atoms. The number of nitrogens with zero attached hydrogens (tertiary/aromatic N) is 1. The largest absolute Gasteiger partial charge is 0.378 e. The van der Waals surface area contributed by atoms with E-state index >= 15 is 0 Å². The molecule has 1 aliphatic heterocycles. The van der Waals surface area contributed by atoms with Gasteiger partial charge in [-0.25, -0.2) is 8.42 Å². The highest BCUT2D eigenvalue weighted by atomic mass is 32.2.